The first-order valence-corrected chi connectivity index (χ1v) is 4.00. The zero-order valence-corrected chi connectivity index (χ0v) is 7.25. The quantitative estimate of drug-likeness (QED) is 0.265. The molecule has 3 nitrogen and oxygen atoms in total. The smallest absolute Gasteiger partial charge is 0.338 e. The third-order valence-electron chi connectivity index (χ3n) is 1.83. The summed E-state index contributed by atoms with van der Waals surface area (Å²) in [6, 6.07) is 0.665. The van der Waals surface area contributed by atoms with Crippen LogP contribution in [0.4, 0.5) is 0 Å². The fourth-order valence-corrected chi connectivity index (χ4v) is 0.992. The summed E-state index contributed by atoms with van der Waals surface area (Å²) in [5.74, 6) is -0.362. The molecule has 1 aliphatic heterocycles. The van der Waals surface area contributed by atoms with E-state index in [0.29, 0.717) is 12.6 Å². The molecule has 2 atom stereocenters. The Bertz CT molecular complexity index is 219. The van der Waals surface area contributed by atoms with Crippen molar-refractivity contribution in [1.82, 2.24) is 4.90 Å². The molecule has 0 aromatic carbocycles. The fraction of sp³-hybridized carbons (Fsp3) is 0.556. The number of carbonyl (C=O) groups excluding carboxylic acids is 1. The second-order valence-corrected chi connectivity index (χ2v) is 2.86. The van der Waals surface area contributed by atoms with Crippen LogP contribution in [0.3, 0.4) is 0 Å². The van der Waals surface area contributed by atoms with Crippen LogP contribution in [0.15, 0.2) is 18.4 Å². The van der Waals surface area contributed by atoms with Gasteiger partial charge in [-0.25, -0.2) is 4.79 Å². The van der Waals surface area contributed by atoms with E-state index in [1.807, 2.05) is 0 Å². The summed E-state index contributed by atoms with van der Waals surface area (Å²) in [5.41, 5.74) is 2.37. The molecule has 0 spiro atoms. The molecule has 12 heavy (non-hydrogen) atoms. The van der Waals surface area contributed by atoms with Crippen molar-refractivity contribution < 1.29 is 9.53 Å². The van der Waals surface area contributed by atoms with Gasteiger partial charge in [-0.15, -0.1) is 5.73 Å². The molecule has 3 heteroatoms. The minimum atomic E-state index is -0.362. The molecule has 1 fully saturated rings. The van der Waals surface area contributed by atoms with E-state index in [0.717, 1.165) is 13.1 Å². The summed E-state index contributed by atoms with van der Waals surface area (Å²) in [7, 11) is 0. The van der Waals surface area contributed by atoms with Crippen molar-refractivity contribution in [3.8, 4) is 0 Å². The largest absolute Gasteiger partial charge is 0.461 e. The second-order valence-electron chi connectivity index (χ2n) is 2.86. The minimum Gasteiger partial charge on any atom is -0.461 e. The Morgan fingerprint density at radius 2 is 2.58 bits per heavy atom. The number of ether oxygens (including phenoxy) is 1. The highest BCUT2D eigenvalue weighted by Gasteiger charge is 2.28. The first-order valence-electron chi connectivity index (χ1n) is 4.00. The molecule has 2 unspecified atom stereocenters. The molecule has 0 bridgehead atoms. The number of nitrogens with zero attached hydrogens (tertiary/aromatic N) is 1. The first kappa shape index (κ1) is 9.04. The van der Waals surface area contributed by atoms with Crippen LogP contribution in [0.5, 0.6) is 0 Å². The molecule has 0 amide bonds. The third kappa shape index (κ3) is 2.91. The van der Waals surface area contributed by atoms with Gasteiger partial charge in [0, 0.05) is 19.1 Å². The minimum absolute atomic E-state index is 0.362. The zero-order chi connectivity index (χ0) is 8.97. The summed E-state index contributed by atoms with van der Waals surface area (Å²) >= 11 is 0. The van der Waals surface area contributed by atoms with Crippen LogP contribution in [0.2, 0.25) is 0 Å². The van der Waals surface area contributed by atoms with E-state index in [1.54, 1.807) is 0 Å². The maximum Gasteiger partial charge on any atom is 0.338 e. The summed E-state index contributed by atoms with van der Waals surface area (Å²) in [5, 5.41) is 0. The Labute approximate surface area is 72.3 Å². The number of carbonyl (C=O) groups is 1. The van der Waals surface area contributed by atoms with Crippen molar-refractivity contribution in [2.24, 2.45) is 0 Å². The Kier molecular flexibility index (Phi) is 3.09. The summed E-state index contributed by atoms with van der Waals surface area (Å²) < 4.78 is 4.84. The van der Waals surface area contributed by atoms with Gasteiger partial charge in [-0.3, -0.25) is 4.90 Å². The number of hydrogen-bond acceptors (Lipinski definition) is 3. The van der Waals surface area contributed by atoms with E-state index in [9.17, 15) is 4.79 Å². The lowest BCUT2D eigenvalue weighted by Crippen LogP contribution is -2.12. The van der Waals surface area contributed by atoms with Gasteiger partial charge >= 0.3 is 5.97 Å². The highest BCUT2D eigenvalue weighted by Crippen LogP contribution is 2.14. The van der Waals surface area contributed by atoms with Gasteiger partial charge in [0.05, 0.1) is 6.08 Å². The van der Waals surface area contributed by atoms with Crippen LogP contribution in [-0.4, -0.2) is 36.6 Å². The predicted molar refractivity (Wildman–Crippen MR) is 45.7 cm³/mol. The number of rotatable bonds is 4. The van der Waals surface area contributed by atoms with Crippen molar-refractivity contribution in [3.63, 3.8) is 0 Å². The monoisotopic (exact) mass is 167 g/mol. The number of esters is 1. The highest BCUT2D eigenvalue weighted by atomic mass is 16.5. The molecule has 66 valence electrons. The molecular weight excluding hydrogens is 154 g/mol. The van der Waals surface area contributed by atoms with Crippen LogP contribution in [0, 0.1) is 0 Å². The molecule has 0 radical (unpaired) electrons. The van der Waals surface area contributed by atoms with Crippen LogP contribution in [0.1, 0.15) is 6.92 Å². The van der Waals surface area contributed by atoms with Gasteiger partial charge < -0.3 is 4.74 Å². The Hall–Kier alpha value is -1.05. The molecule has 1 saturated heterocycles. The molecular formula is C9H13NO2. The first-order chi connectivity index (χ1) is 5.74. The second kappa shape index (κ2) is 4.10. The summed E-state index contributed by atoms with van der Waals surface area (Å²) in [6.07, 6.45) is 1.20. The van der Waals surface area contributed by atoms with E-state index >= 15 is 0 Å². The van der Waals surface area contributed by atoms with Gasteiger partial charge in [-0.2, -0.15) is 0 Å². The highest BCUT2D eigenvalue weighted by molar-refractivity contribution is 5.81. The van der Waals surface area contributed by atoms with Crippen molar-refractivity contribution in [3.05, 3.63) is 18.4 Å². The van der Waals surface area contributed by atoms with E-state index in [2.05, 4.69) is 24.1 Å². The Morgan fingerprint density at radius 3 is 3.08 bits per heavy atom. The fourth-order valence-electron chi connectivity index (χ4n) is 0.992. The van der Waals surface area contributed by atoms with Gasteiger partial charge in [0.25, 0.3) is 0 Å². The maximum atomic E-state index is 10.7. The van der Waals surface area contributed by atoms with Crippen molar-refractivity contribution in [1.29, 1.82) is 0 Å². The third-order valence-corrected chi connectivity index (χ3v) is 1.83. The van der Waals surface area contributed by atoms with Gasteiger partial charge in [-0.05, 0) is 6.92 Å². The molecule has 0 aromatic rings. The van der Waals surface area contributed by atoms with E-state index < -0.39 is 0 Å². The van der Waals surface area contributed by atoms with E-state index in [-0.39, 0.29) is 5.97 Å². The lowest BCUT2D eigenvalue weighted by molar-refractivity contribution is -0.137. The molecule has 1 rings (SSSR count). The van der Waals surface area contributed by atoms with E-state index in [1.165, 1.54) is 6.08 Å². The van der Waals surface area contributed by atoms with Crippen LogP contribution in [0.25, 0.3) is 0 Å². The molecule has 0 N–H and O–H groups in total. The normalized spacial score (nSPS) is 25.8. The average Bonchev–Trinajstić information content (AvgIpc) is 2.67. The van der Waals surface area contributed by atoms with Gasteiger partial charge in [0.2, 0.25) is 0 Å². The molecule has 0 saturated carbocycles. The van der Waals surface area contributed by atoms with Crippen molar-refractivity contribution >= 4 is 5.97 Å². The lowest BCUT2D eigenvalue weighted by Gasteiger charge is -2.01. The van der Waals surface area contributed by atoms with Crippen molar-refractivity contribution in [2.45, 2.75) is 13.0 Å². The SMILES string of the molecule is C=C=CC(=O)OCCN1CC1C. The Balaban J connectivity index is 2.02. The number of hydrogen-bond donors (Lipinski definition) is 0. The molecule has 1 aliphatic rings. The van der Waals surface area contributed by atoms with Crippen LogP contribution in [-0.2, 0) is 9.53 Å². The lowest BCUT2D eigenvalue weighted by atomic mass is 10.5. The standard InChI is InChI=1S/C9H13NO2/c1-3-4-9(11)12-6-5-10-7-8(10)2/h4,8H,1,5-7H2,2H3. The maximum absolute atomic E-state index is 10.7. The van der Waals surface area contributed by atoms with Crippen LogP contribution >= 0.6 is 0 Å². The van der Waals surface area contributed by atoms with Gasteiger partial charge in [-0.1, -0.05) is 6.58 Å². The van der Waals surface area contributed by atoms with Gasteiger partial charge in [0.15, 0.2) is 0 Å². The average molecular weight is 167 g/mol. The molecule has 1 heterocycles. The summed E-state index contributed by atoms with van der Waals surface area (Å²) in [4.78, 5) is 13.0. The topological polar surface area (TPSA) is 29.3 Å². The summed E-state index contributed by atoms with van der Waals surface area (Å²) in [6.45, 7) is 7.83. The van der Waals surface area contributed by atoms with E-state index in [4.69, 9.17) is 4.74 Å². The van der Waals surface area contributed by atoms with Crippen LogP contribution < -0.4 is 0 Å². The predicted octanol–water partition coefficient (Wildman–Crippen LogP) is 0.575. The Morgan fingerprint density at radius 1 is 1.92 bits per heavy atom. The molecule has 0 aromatic heterocycles. The van der Waals surface area contributed by atoms with Gasteiger partial charge in [0.1, 0.15) is 6.61 Å². The zero-order valence-electron chi connectivity index (χ0n) is 7.25. The van der Waals surface area contributed by atoms with Crippen molar-refractivity contribution in [2.75, 3.05) is 19.7 Å². The molecule has 0 aliphatic carbocycles.